The van der Waals surface area contributed by atoms with Crippen LogP contribution in [-0.2, 0) is 6.54 Å². The van der Waals surface area contributed by atoms with E-state index in [1.54, 1.807) is 6.07 Å². The molecule has 0 atom stereocenters. The highest BCUT2D eigenvalue weighted by Crippen LogP contribution is 2.32. The number of benzene rings is 2. The fourth-order valence-electron chi connectivity index (χ4n) is 4.26. The van der Waals surface area contributed by atoms with Crippen LogP contribution < -0.4 is 10.1 Å². The summed E-state index contributed by atoms with van der Waals surface area (Å²) in [7, 11) is 0. The van der Waals surface area contributed by atoms with Gasteiger partial charge >= 0.3 is 0 Å². The molecule has 1 saturated carbocycles. The number of hydrogen-bond acceptors (Lipinski definition) is 3. The number of amides is 2. The maximum absolute atomic E-state index is 13.1. The number of rotatable bonds is 5. The third-order valence-electron chi connectivity index (χ3n) is 5.65. The van der Waals surface area contributed by atoms with E-state index in [0.717, 1.165) is 24.2 Å². The number of anilines is 1. The van der Waals surface area contributed by atoms with E-state index in [9.17, 15) is 9.59 Å². The van der Waals surface area contributed by atoms with Crippen LogP contribution in [0.4, 0.5) is 5.69 Å². The molecule has 0 spiro atoms. The summed E-state index contributed by atoms with van der Waals surface area (Å²) < 4.78 is 5.43. The first-order valence-corrected chi connectivity index (χ1v) is 10.1. The van der Waals surface area contributed by atoms with Crippen LogP contribution in [0.5, 0.6) is 5.75 Å². The van der Waals surface area contributed by atoms with Gasteiger partial charge in [0.15, 0.2) is 0 Å². The fraction of sp³-hybridized carbons (Fsp3) is 0.391. The Labute approximate surface area is 165 Å². The number of carbonyl (C=O) groups is 2. The van der Waals surface area contributed by atoms with Gasteiger partial charge in [0, 0.05) is 18.3 Å². The lowest BCUT2D eigenvalue weighted by Gasteiger charge is -2.30. The molecule has 28 heavy (non-hydrogen) atoms. The summed E-state index contributed by atoms with van der Waals surface area (Å²) in [6, 6.07) is 13.1. The molecule has 0 bridgehead atoms. The quantitative estimate of drug-likeness (QED) is 0.825. The van der Waals surface area contributed by atoms with Crippen molar-refractivity contribution < 1.29 is 14.3 Å². The van der Waals surface area contributed by atoms with E-state index >= 15 is 0 Å². The molecular weight excluding hydrogens is 352 g/mol. The molecule has 1 N–H and O–H groups in total. The van der Waals surface area contributed by atoms with Crippen molar-refractivity contribution in [2.24, 2.45) is 0 Å². The molecule has 2 aromatic carbocycles. The number of nitrogens with one attached hydrogen (secondary N) is 1. The molecule has 1 aliphatic heterocycles. The third kappa shape index (κ3) is 3.61. The highest BCUT2D eigenvalue weighted by atomic mass is 16.5. The zero-order chi connectivity index (χ0) is 19.5. The van der Waals surface area contributed by atoms with Crippen molar-refractivity contribution >= 4 is 17.5 Å². The lowest BCUT2D eigenvalue weighted by Crippen LogP contribution is -2.37. The molecule has 1 heterocycles. The summed E-state index contributed by atoms with van der Waals surface area (Å²) >= 11 is 0. The zero-order valence-corrected chi connectivity index (χ0v) is 16.2. The number of hydrogen-bond donors (Lipinski definition) is 1. The predicted molar refractivity (Wildman–Crippen MR) is 109 cm³/mol. The summed E-state index contributed by atoms with van der Waals surface area (Å²) in [5.74, 6) is 0.513. The van der Waals surface area contributed by atoms with Crippen molar-refractivity contribution in [2.75, 3.05) is 11.9 Å². The fourth-order valence-corrected chi connectivity index (χ4v) is 4.26. The Morgan fingerprint density at radius 2 is 1.86 bits per heavy atom. The summed E-state index contributed by atoms with van der Waals surface area (Å²) in [6.07, 6.45) is 5.73. The van der Waals surface area contributed by atoms with Gasteiger partial charge in [-0.15, -0.1) is 0 Å². The van der Waals surface area contributed by atoms with Crippen LogP contribution in [0.3, 0.4) is 0 Å². The van der Waals surface area contributed by atoms with Gasteiger partial charge < -0.3 is 15.0 Å². The topological polar surface area (TPSA) is 58.6 Å². The van der Waals surface area contributed by atoms with Crippen molar-refractivity contribution in [2.45, 2.75) is 51.6 Å². The van der Waals surface area contributed by atoms with Gasteiger partial charge in [0.1, 0.15) is 5.75 Å². The van der Waals surface area contributed by atoms with E-state index < -0.39 is 0 Å². The second-order valence-electron chi connectivity index (χ2n) is 7.48. The molecule has 1 fully saturated rings. The number of ether oxygens (including phenoxy) is 1. The Morgan fingerprint density at radius 3 is 2.57 bits per heavy atom. The van der Waals surface area contributed by atoms with Gasteiger partial charge in [-0.05, 0) is 55.7 Å². The first kappa shape index (κ1) is 18.5. The van der Waals surface area contributed by atoms with E-state index in [1.807, 2.05) is 48.2 Å². The standard InChI is InChI=1S/C23H26N2O3/c1-2-28-19-13-11-17(12-14-19)24-22(26)20-10-6-7-16-15-25(23(27)21(16)20)18-8-4-3-5-9-18/h6-7,10-14,18H,2-5,8-9,15H2,1H3,(H,24,26). The molecule has 1 aliphatic carbocycles. The van der Waals surface area contributed by atoms with Gasteiger partial charge in [-0.1, -0.05) is 31.4 Å². The molecule has 4 rings (SSSR count). The van der Waals surface area contributed by atoms with Gasteiger partial charge in [-0.3, -0.25) is 9.59 Å². The number of carbonyl (C=O) groups excluding carboxylic acids is 2. The van der Waals surface area contributed by atoms with Gasteiger partial charge in [0.25, 0.3) is 11.8 Å². The Bertz CT molecular complexity index is 870. The maximum Gasteiger partial charge on any atom is 0.256 e. The smallest absolute Gasteiger partial charge is 0.256 e. The first-order chi connectivity index (χ1) is 13.7. The van der Waals surface area contributed by atoms with E-state index in [1.165, 1.54) is 19.3 Å². The SMILES string of the molecule is CCOc1ccc(NC(=O)c2cccc3c2C(=O)N(C2CCCCC2)C3)cc1. The van der Waals surface area contributed by atoms with Gasteiger partial charge in [0.2, 0.25) is 0 Å². The van der Waals surface area contributed by atoms with Gasteiger partial charge in [0.05, 0.1) is 17.7 Å². The molecule has 5 nitrogen and oxygen atoms in total. The number of nitrogens with zero attached hydrogens (tertiary/aromatic N) is 1. The van der Waals surface area contributed by atoms with Crippen LogP contribution in [0.1, 0.15) is 65.3 Å². The molecule has 2 aliphatic rings. The monoisotopic (exact) mass is 378 g/mol. The van der Waals surface area contributed by atoms with Crippen molar-refractivity contribution in [3.05, 3.63) is 59.2 Å². The van der Waals surface area contributed by atoms with E-state index in [2.05, 4.69) is 5.32 Å². The third-order valence-corrected chi connectivity index (χ3v) is 5.65. The Morgan fingerprint density at radius 1 is 1.11 bits per heavy atom. The van der Waals surface area contributed by atoms with Crippen molar-refractivity contribution in [3.63, 3.8) is 0 Å². The summed E-state index contributed by atoms with van der Waals surface area (Å²) in [4.78, 5) is 28.0. The lowest BCUT2D eigenvalue weighted by atomic mass is 9.94. The van der Waals surface area contributed by atoms with Crippen molar-refractivity contribution in [1.82, 2.24) is 4.90 Å². The highest BCUT2D eigenvalue weighted by Gasteiger charge is 2.36. The first-order valence-electron chi connectivity index (χ1n) is 10.1. The largest absolute Gasteiger partial charge is 0.494 e. The second kappa shape index (κ2) is 8.05. The summed E-state index contributed by atoms with van der Waals surface area (Å²) in [6.45, 7) is 3.14. The average Bonchev–Trinajstić information content (AvgIpc) is 3.07. The summed E-state index contributed by atoms with van der Waals surface area (Å²) in [5, 5.41) is 2.91. The highest BCUT2D eigenvalue weighted by molar-refractivity contribution is 6.13. The zero-order valence-electron chi connectivity index (χ0n) is 16.2. The van der Waals surface area contributed by atoms with Crippen LogP contribution in [0.2, 0.25) is 0 Å². The Kier molecular flexibility index (Phi) is 5.33. The number of fused-ring (bicyclic) bond motifs is 1. The van der Waals surface area contributed by atoms with Crippen molar-refractivity contribution in [1.29, 1.82) is 0 Å². The minimum Gasteiger partial charge on any atom is -0.494 e. The molecule has 0 aromatic heterocycles. The van der Waals surface area contributed by atoms with E-state index in [4.69, 9.17) is 4.74 Å². The minimum absolute atomic E-state index is 0.000608. The summed E-state index contributed by atoms with van der Waals surface area (Å²) in [5.41, 5.74) is 2.65. The lowest BCUT2D eigenvalue weighted by molar-refractivity contribution is 0.0657. The molecule has 0 radical (unpaired) electrons. The maximum atomic E-state index is 13.1. The van der Waals surface area contributed by atoms with Crippen molar-refractivity contribution in [3.8, 4) is 5.75 Å². The molecule has 2 aromatic rings. The van der Waals surface area contributed by atoms with Crippen LogP contribution in [0, 0.1) is 0 Å². The molecule has 2 amide bonds. The van der Waals surface area contributed by atoms with E-state index in [0.29, 0.717) is 36.0 Å². The van der Waals surface area contributed by atoms with Gasteiger partial charge in [-0.25, -0.2) is 0 Å². The molecular formula is C23H26N2O3. The minimum atomic E-state index is -0.250. The molecule has 0 saturated heterocycles. The Hall–Kier alpha value is -2.82. The van der Waals surface area contributed by atoms with Crippen LogP contribution in [0.15, 0.2) is 42.5 Å². The van der Waals surface area contributed by atoms with Crippen LogP contribution >= 0.6 is 0 Å². The van der Waals surface area contributed by atoms with Crippen LogP contribution in [-0.4, -0.2) is 29.4 Å². The Balaban J connectivity index is 1.53. The normalized spacial score (nSPS) is 16.8. The molecule has 146 valence electrons. The molecule has 5 heteroatoms. The van der Waals surface area contributed by atoms with Crippen LogP contribution in [0.25, 0.3) is 0 Å². The molecule has 0 unspecified atom stereocenters. The van der Waals surface area contributed by atoms with Gasteiger partial charge in [-0.2, -0.15) is 0 Å². The second-order valence-corrected chi connectivity index (χ2v) is 7.48. The average molecular weight is 378 g/mol. The van der Waals surface area contributed by atoms with E-state index in [-0.39, 0.29) is 11.8 Å². The predicted octanol–water partition coefficient (Wildman–Crippen LogP) is 4.63.